The van der Waals surface area contributed by atoms with Gasteiger partial charge >= 0.3 is 6.09 Å². The number of carboxylic acid groups (broad SMARTS) is 1. The summed E-state index contributed by atoms with van der Waals surface area (Å²) in [6, 6.07) is 0. The average molecular weight is 203 g/mol. The molecule has 2 N–H and O–H groups in total. The molecule has 0 aromatic carbocycles. The Labute approximate surface area is 84.3 Å². The Balaban J connectivity index is 2.18. The van der Waals surface area contributed by atoms with Gasteiger partial charge in [0.15, 0.2) is 0 Å². The third-order valence-corrected chi connectivity index (χ3v) is 2.91. The molecule has 0 aliphatic heterocycles. The van der Waals surface area contributed by atoms with E-state index in [-0.39, 0.29) is 5.37 Å². The molecular formula is C9H17NO2S. The maximum atomic E-state index is 10.3. The van der Waals surface area contributed by atoms with Gasteiger partial charge in [0.05, 0.1) is 5.37 Å². The highest BCUT2D eigenvalue weighted by atomic mass is 32.1. The minimum absolute atomic E-state index is 0.194. The van der Waals surface area contributed by atoms with Crippen LogP contribution in [0.3, 0.4) is 0 Å². The van der Waals surface area contributed by atoms with E-state index >= 15 is 0 Å². The van der Waals surface area contributed by atoms with Crippen molar-refractivity contribution in [3.8, 4) is 0 Å². The summed E-state index contributed by atoms with van der Waals surface area (Å²) in [4.78, 5) is 10.3. The molecule has 0 bridgehead atoms. The second kappa shape index (κ2) is 5.37. The number of rotatable bonds is 3. The maximum Gasteiger partial charge on any atom is 0.405 e. The lowest BCUT2D eigenvalue weighted by atomic mass is 9.87. The Bertz CT molecular complexity index is 169. The summed E-state index contributed by atoms with van der Waals surface area (Å²) in [7, 11) is 0. The third-order valence-electron chi connectivity index (χ3n) is 2.57. The van der Waals surface area contributed by atoms with E-state index in [0.29, 0.717) is 5.92 Å². The van der Waals surface area contributed by atoms with Crippen molar-refractivity contribution in [2.24, 2.45) is 5.92 Å². The molecule has 0 saturated heterocycles. The standard InChI is InChI=1S/C9H17NO2S/c11-9(12)10-8(13)6-7-4-2-1-3-5-7/h7-8,10,13H,1-6H2,(H,11,12). The monoisotopic (exact) mass is 203 g/mol. The van der Waals surface area contributed by atoms with Crippen LogP contribution >= 0.6 is 12.6 Å². The molecule has 1 fully saturated rings. The average Bonchev–Trinajstić information content (AvgIpc) is 2.04. The van der Waals surface area contributed by atoms with Crippen LogP contribution in [0.2, 0.25) is 0 Å². The number of hydrogen-bond donors (Lipinski definition) is 3. The first-order valence-electron chi connectivity index (χ1n) is 4.86. The fourth-order valence-electron chi connectivity index (χ4n) is 1.94. The zero-order chi connectivity index (χ0) is 9.68. The van der Waals surface area contributed by atoms with Gasteiger partial charge in [-0.3, -0.25) is 0 Å². The van der Waals surface area contributed by atoms with Gasteiger partial charge in [-0.1, -0.05) is 32.1 Å². The molecule has 13 heavy (non-hydrogen) atoms. The van der Waals surface area contributed by atoms with Crippen LogP contribution in [0.5, 0.6) is 0 Å². The second-order valence-corrected chi connectivity index (χ2v) is 4.33. The number of amides is 1. The van der Waals surface area contributed by atoms with Crippen LogP contribution in [0.25, 0.3) is 0 Å². The highest BCUT2D eigenvalue weighted by molar-refractivity contribution is 7.80. The molecule has 0 radical (unpaired) electrons. The van der Waals surface area contributed by atoms with E-state index in [4.69, 9.17) is 5.11 Å². The van der Waals surface area contributed by atoms with Crippen molar-refractivity contribution in [3.05, 3.63) is 0 Å². The fraction of sp³-hybridized carbons (Fsp3) is 0.889. The highest BCUT2D eigenvalue weighted by Crippen LogP contribution is 2.27. The molecule has 1 unspecified atom stereocenters. The second-order valence-electron chi connectivity index (χ2n) is 3.71. The maximum absolute atomic E-state index is 10.3. The third kappa shape index (κ3) is 4.41. The smallest absolute Gasteiger partial charge is 0.405 e. The predicted octanol–water partition coefficient (Wildman–Crippen LogP) is 2.48. The van der Waals surface area contributed by atoms with Gasteiger partial charge in [-0.25, -0.2) is 4.79 Å². The summed E-state index contributed by atoms with van der Waals surface area (Å²) in [5.74, 6) is 0.670. The van der Waals surface area contributed by atoms with Crippen LogP contribution in [-0.4, -0.2) is 16.6 Å². The highest BCUT2D eigenvalue weighted by Gasteiger charge is 2.17. The van der Waals surface area contributed by atoms with Crippen molar-refractivity contribution < 1.29 is 9.90 Å². The zero-order valence-electron chi connectivity index (χ0n) is 7.70. The van der Waals surface area contributed by atoms with Crippen molar-refractivity contribution in [1.29, 1.82) is 0 Å². The van der Waals surface area contributed by atoms with Gasteiger partial charge in [0.25, 0.3) is 0 Å². The summed E-state index contributed by atoms with van der Waals surface area (Å²) < 4.78 is 0. The lowest BCUT2D eigenvalue weighted by Crippen LogP contribution is -2.31. The Hall–Kier alpha value is -0.380. The van der Waals surface area contributed by atoms with Crippen LogP contribution in [0.15, 0.2) is 0 Å². The topological polar surface area (TPSA) is 49.3 Å². The van der Waals surface area contributed by atoms with E-state index in [2.05, 4.69) is 17.9 Å². The van der Waals surface area contributed by atoms with Gasteiger partial charge in [-0.05, 0) is 12.3 Å². The van der Waals surface area contributed by atoms with Gasteiger partial charge in [-0.2, -0.15) is 12.6 Å². The molecule has 0 aromatic heterocycles. The molecule has 1 rings (SSSR count). The van der Waals surface area contributed by atoms with Gasteiger partial charge < -0.3 is 10.4 Å². The Morgan fingerprint density at radius 2 is 2.08 bits per heavy atom. The predicted molar refractivity (Wildman–Crippen MR) is 55.1 cm³/mol. The number of hydrogen-bond acceptors (Lipinski definition) is 2. The zero-order valence-corrected chi connectivity index (χ0v) is 8.59. The molecule has 76 valence electrons. The molecule has 0 heterocycles. The van der Waals surface area contributed by atoms with Crippen molar-refractivity contribution >= 4 is 18.7 Å². The fourth-order valence-corrected chi connectivity index (χ4v) is 2.35. The number of thiol groups is 1. The van der Waals surface area contributed by atoms with Crippen LogP contribution in [0.1, 0.15) is 38.5 Å². The molecule has 1 aliphatic rings. The van der Waals surface area contributed by atoms with E-state index in [1.807, 2.05) is 0 Å². The molecule has 1 aliphatic carbocycles. The number of carbonyl (C=O) groups is 1. The largest absolute Gasteiger partial charge is 0.465 e. The van der Waals surface area contributed by atoms with E-state index in [0.717, 1.165) is 6.42 Å². The van der Waals surface area contributed by atoms with Gasteiger partial charge in [0.2, 0.25) is 0 Å². The van der Waals surface area contributed by atoms with Gasteiger partial charge in [0.1, 0.15) is 0 Å². The van der Waals surface area contributed by atoms with Crippen molar-refractivity contribution in [2.45, 2.75) is 43.9 Å². The molecule has 4 heteroatoms. The van der Waals surface area contributed by atoms with E-state index in [9.17, 15) is 4.79 Å². The molecule has 1 amide bonds. The Kier molecular flexibility index (Phi) is 4.42. The quantitative estimate of drug-likeness (QED) is 0.487. The summed E-state index contributed by atoms with van der Waals surface area (Å²) in [5, 5.41) is 10.6. The lowest BCUT2D eigenvalue weighted by molar-refractivity contribution is 0.191. The summed E-state index contributed by atoms with van der Waals surface area (Å²) >= 11 is 4.19. The first-order valence-corrected chi connectivity index (χ1v) is 5.37. The van der Waals surface area contributed by atoms with Crippen LogP contribution in [0, 0.1) is 5.92 Å². The molecule has 3 nitrogen and oxygen atoms in total. The molecule has 1 atom stereocenters. The van der Waals surface area contributed by atoms with Crippen molar-refractivity contribution in [3.63, 3.8) is 0 Å². The first-order chi connectivity index (χ1) is 6.18. The van der Waals surface area contributed by atoms with Crippen LogP contribution in [-0.2, 0) is 0 Å². The Morgan fingerprint density at radius 3 is 2.62 bits per heavy atom. The SMILES string of the molecule is O=C(O)NC(S)CC1CCCCC1. The Morgan fingerprint density at radius 1 is 1.46 bits per heavy atom. The lowest BCUT2D eigenvalue weighted by Gasteiger charge is -2.23. The molecule has 0 spiro atoms. The normalized spacial score (nSPS) is 21.0. The summed E-state index contributed by atoms with van der Waals surface area (Å²) in [5.41, 5.74) is 0. The van der Waals surface area contributed by atoms with Gasteiger partial charge in [0, 0.05) is 0 Å². The van der Waals surface area contributed by atoms with Crippen LogP contribution in [0.4, 0.5) is 4.79 Å². The van der Waals surface area contributed by atoms with E-state index in [1.165, 1.54) is 32.1 Å². The minimum atomic E-state index is -0.976. The molecule has 0 aromatic rings. The van der Waals surface area contributed by atoms with Crippen molar-refractivity contribution in [2.75, 3.05) is 0 Å². The summed E-state index contributed by atoms with van der Waals surface area (Å²) in [6.07, 6.45) is 6.28. The minimum Gasteiger partial charge on any atom is -0.465 e. The van der Waals surface area contributed by atoms with E-state index in [1.54, 1.807) is 0 Å². The number of nitrogens with one attached hydrogen (secondary N) is 1. The molecule has 1 saturated carbocycles. The summed E-state index contributed by atoms with van der Waals surface area (Å²) in [6.45, 7) is 0. The van der Waals surface area contributed by atoms with Crippen LogP contribution < -0.4 is 5.32 Å². The first kappa shape index (κ1) is 10.7. The van der Waals surface area contributed by atoms with Gasteiger partial charge in [-0.15, -0.1) is 0 Å². The van der Waals surface area contributed by atoms with E-state index < -0.39 is 6.09 Å². The molecular weight excluding hydrogens is 186 g/mol. The van der Waals surface area contributed by atoms with Crippen molar-refractivity contribution in [1.82, 2.24) is 5.32 Å².